The quantitative estimate of drug-likeness (QED) is 0.444. The summed E-state index contributed by atoms with van der Waals surface area (Å²) in [7, 11) is 2.69. The van der Waals surface area contributed by atoms with E-state index in [9.17, 15) is 19.5 Å². The zero-order chi connectivity index (χ0) is 24.3. The molecular formula is C24H26N4O4S. The second-order valence-corrected chi connectivity index (χ2v) is 8.71. The van der Waals surface area contributed by atoms with Gasteiger partial charge >= 0.3 is 5.69 Å². The van der Waals surface area contributed by atoms with Gasteiger partial charge in [-0.1, -0.05) is 41.6 Å². The van der Waals surface area contributed by atoms with Gasteiger partial charge in [-0.3, -0.25) is 18.7 Å². The Labute approximate surface area is 195 Å². The number of aromatic nitrogens is 2. The summed E-state index contributed by atoms with van der Waals surface area (Å²) in [6, 6.07) is 12.9. The molecule has 3 aromatic rings. The molecule has 0 bridgehead atoms. The predicted octanol–water partition coefficient (Wildman–Crippen LogP) is 3.17. The van der Waals surface area contributed by atoms with E-state index in [2.05, 4.69) is 10.3 Å². The molecule has 33 heavy (non-hydrogen) atoms. The number of thioether (sulfide) groups is 1. The molecule has 0 aliphatic carbocycles. The van der Waals surface area contributed by atoms with E-state index < -0.39 is 17.1 Å². The summed E-state index contributed by atoms with van der Waals surface area (Å²) in [5, 5.41) is 13.6. The number of carbonyl (C=O) groups is 1. The highest BCUT2D eigenvalue weighted by Gasteiger charge is 2.22. The molecular weight excluding hydrogens is 440 g/mol. The monoisotopic (exact) mass is 466 g/mol. The SMILES string of the molecule is Cc1ccc(N=C(SCC(=O)Nc2cccc(C)c2C)c2c(O)n(C)c(=O)n(C)c2=O)cc1. The molecule has 172 valence electrons. The molecule has 0 aliphatic heterocycles. The lowest BCUT2D eigenvalue weighted by molar-refractivity contribution is -0.113. The first-order valence-corrected chi connectivity index (χ1v) is 11.2. The highest BCUT2D eigenvalue weighted by Crippen LogP contribution is 2.24. The van der Waals surface area contributed by atoms with Crippen LogP contribution < -0.4 is 16.6 Å². The Morgan fingerprint density at radius 1 is 1.03 bits per heavy atom. The van der Waals surface area contributed by atoms with Crippen LogP contribution in [0.3, 0.4) is 0 Å². The molecule has 3 rings (SSSR count). The maximum absolute atomic E-state index is 12.9. The van der Waals surface area contributed by atoms with E-state index in [0.29, 0.717) is 11.4 Å². The van der Waals surface area contributed by atoms with Gasteiger partial charge in [0.2, 0.25) is 11.8 Å². The summed E-state index contributed by atoms with van der Waals surface area (Å²) in [6.45, 7) is 5.83. The van der Waals surface area contributed by atoms with Crippen molar-refractivity contribution in [1.29, 1.82) is 0 Å². The van der Waals surface area contributed by atoms with Crippen LogP contribution in [-0.4, -0.2) is 30.9 Å². The van der Waals surface area contributed by atoms with Crippen molar-refractivity contribution >= 4 is 34.1 Å². The van der Waals surface area contributed by atoms with E-state index in [1.54, 1.807) is 12.1 Å². The van der Waals surface area contributed by atoms with Gasteiger partial charge in [0.15, 0.2) is 0 Å². The van der Waals surface area contributed by atoms with Crippen molar-refractivity contribution < 1.29 is 9.90 Å². The van der Waals surface area contributed by atoms with Gasteiger partial charge in [0.25, 0.3) is 5.56 Å². The van der Waals surface area contributed by atoms with E-state index in [1.807, 2.05) is 51.1 Å². The average molecular weight is 467 g/mol. The Balaban J connectivity index is 1.98. The van der Waals surface area contributed by atoms with Crippen molar-refractivity contribution in [1.82, 2.24) is 9.13 Å². The number of anilines is 1. The number of nitrogens with zero attached hydrogens (tertiary/aromatic N) is 3. The van der Waals surface area contributed by atoms with Gasteiger partial charge in [-0.05, 0) is 50.1 Å². The van der Waals surface area contributed by atoms with Crippen molar-refractivity contribution in [3.63, 3.8) is 0 Å². The summed E-state index contributed by atoms with van der Waals surface area (Å²) in [4.78, 5) is 42.2. The van der Waals surface area contributed by atoms with Crippen molar-refractivity contribution in [3.8, 4) is 5.88 Å². The first kappa shape index (κ1) is 24.1. The van der Waals surface area contributed by atoms with Crippen LogP contribution in [0.25, 0.3) is 0 Å². The second kappa shape index (κ2) is 9.91. The third-order valence-corrected chi connectivity index (χ3v) is 6.31. The highest BCUT2D eigenvalue weighted by atomic mass is 32.2. The lowest BCUT2D eigenvalue weighted by Crippen LogP contribution is -2.39. The number of aromatic hydroxyl groups is 1. The average Bonchev–Trinajstić information content (AvgIpc) is 2.79. The zero-order valence-electron chi connectivity index (χ0n) is 19.2. The number of aliphatic imine (C=N–C) groups is 1. The molecule has 9 heteroatoms. The second-order valence-electron chi connectivity index (χ2n) is 7.74. The number of amides is 1. The van der Waals surface area contributed by atoms with Gasteiger partial charge in [-0.25, -0.2) is 9.79 Å². The summed E-state index contributed by atoms with van der Waals surface area (Å²) < 4.78 is 1.87. The predicted molar refractivity (Wildman–Crippen MR) is 133 cm³/mol. The van der Waals surface area contributed by atoms with Crippen LogP contribution in [0, 0.1) is 20.8 Å². The Hall–Kier alpha value is -3.59. The first-order chi connectivity index (χ1) is 15.6. The van der Waals surface area contributed by atoms with Crippen molar-refractivity contribution in [2.24, 2.45) is 19.1 Å². The topological polar surface area (TPSA) is 106 Å². The molecule has 0 aliphatic rings. The molecule has 0 saturated heterocycles. The summed E-state index contributed by atoms with van der Waals surface area (Å²) in [6.07, 6.45) is 0. The van der Waals surface area contributed by atoms with Crippen LogP contribution in [0.5, 0.6) is 5.88 Å². The molecule has 0 atom stereocenters. The normalized spacial score (nSPS) is 11.5. The standard InChI is InChI=1S/C24H26N4O4S/c1-14-9-11-17(12-10-14)25-21(20-22(30)27(4)24(32)28(5)23(20)31)33-13-19(29)26-18-8-6-7-15(2)16(18)3/h6-12,30H,13H2,1-5H3,(H,26,29). The Morgan fingerprint density at radius 3 is 2.36 bits per heavy atom. The van der Waals surface area contributed by atoms with E-state index in [-0.39, 0.29) is 22.3 Å². The molecule has 8 nitrogen and oxygen atoms in total. The number of benzene rings is 2. The molecule has 0 fully saturated rings. The minimum absolute atomic E-state index is 0.0521. The van der Waals surface area contributed by atoms with Crippen molar-refractivity contribution in [3.05, 3.63) is 85.6 Å². The number of nitrogens with one attached hydrogen (secondary N) is 1. The minimum atomic E-state index is -0.691. The Kier molecular flexibility index (Phi) is 7.23. The fraction of sp³-hybridized carbons (Fsp3) is 0.250. The summed E-state index contributed by atoms with van der Waals surface area (Å²) in [5.41, 5.74) is 2.83. The van der Waals surface area contributed by atoms with Crippen LogP contribution >= 0.6 is 11.8 Å². The first-order valence-electron chi connectivity index (χ1n) is 10.2. The van der Waals surface area contributed by atoms with Gasteiger partial charge < -0.3 is 10.4 Å². The fourth-order valence-corrected chi connectivity index (χ4v) is 3.96. The van der Waals surface area contributed by atoms with Crippen LogP contribution in [-0.2, 0) is 18.9 Å². The smallest absolute Gasteiger partial charge is 0.333 e. The molecule has 0 spiro atoms. The van der Waals surface area contributed by atoms with Crippen LogP contribution in [0.2, 0.25) is 0 Å². The molecule has 0 saturated carbocycles. The molecule has 1 aromatic heterocycles. The van der Waals surface area contributed by atoms with Gasteiger partial charge in [0.05, 0.1) is 11.4 Å². The third-order valence-electron chi connectivity index (χ3n) is 5.33. The molecule has 0 radical (unpaired) electrons. The zero-order valence-corrected chi connectivity index (χ0v) is 20.0. The molecule has 0 unspecified atom stereocenters. The highest BCUT2D eigenvalue weighted by molar-refractivity contribution is 8.15. The fourth-order valence-electron chi connectivity index (χ4n) is 3.12. The van der Waals surface area contributed by atoms with Gasteiger partial charge in [0, 0.05) is 19.8 Å². The number of carbonyl (C=O) groups excluding carboxylic acids is 1. The molecule has 2 N–H and O–H groups in total. The lowest BCUT2D eigenvalue weighted by Gasteiger charge is -2.13. The van der Waals surface area contributed by atoms with Crippen molar-refractivity contribution in [2.75, 3.05) is 11.1 Å². The largest absolute Gasteiger partial charge is 0.494 e. The lowest BCUT2D eigenvalue weighted by atomic mass is 10.1. The minimum Gasteiger partial charge on any atom is -0.494 e. The van der Waals surface area contributed by atoms with Crippen molar-refractivity contribution in [2.45, 2.75) is 20.8 Å². The molecule has 1 amide bonds. The van der Waals surface area contributed by atoms with Crippen LogP contribution in [0.1, 0.15) is 22.3 Å². The Morgan fingerprint density at radius 2 is 1.70 bits per heavy atom. The third kappa shape index (κ3) is 5.25. The number of aryl methyl sites for hydroxylation is 2. The van der Waals surface area contributed by atoms with E-state index in [1.165, 1.54) is 14.1 Å². The maximum Gasteiger partial charge on any atom is 0.333 e. The van der Waals surface area contributed by atoms with Crippen LogP contribution in [0.4, 0.5) is 11.4 Å². The van der Waals surface area contributed by atoms with E-state index in [0.717, 1.165) is 37.6 Å². The summed E-state index contributed by atoms with van der Waals surface area (Å²) in [5.74, 6) is -0.841. The molecule has 1 heterocycles. The summed E-state index contributed by atoms with van der Waals surface area (Å²) >= 11 is 1.01. The van der Waals surface area contributed by atoms with E-state index in [4.69, 9.17) is 0 Å². The maximum atomic E-state index is 12.9. The van der Waals surface area contributed by atoms with Crippen LogP contribution in [0.15, 0.2) is 57.0 Å². The number of hydrogen-bond acceptors (Lipinski definition) is 6. The Bertz CT molecular complexity index is 1350. The molecule has 2 aromatic carbocycles. The number of rotatable bonds is 5. The van der Waals surface area contributed by atoms with Gasteiger partial charge in [-0.2, -0.15) is 0 Å². The van der Waals surface area contributed by atoms with E-state index >= 15 is 0 Å². The van der Waals surface area contributed by atoms with Gasteiger partial charge in [-0.15, -0.1) is 0 Å². The van der Waals surface area contributed by atoms with Gasteiger partial charge in [0.1, 0.15) is 10.6 Å². The number of hydrogen-bond donors (Lipinski definition) is 2.